The van der Waals surface area contributed by atoms with Crippen LogP contribution in [0.25, 0.3) is 0 Å². The van der Waals surface area contributed by atoms with Gasteiger partial charge in [-0.3, -0.25) is 0 Å². The monoisotopic (exact) mass is 232 g/mol. The smallest absolute Gasteiger partial charge is 0.327 e. The van der Waals surface area contributed by atoms with Crippen molar-refractivity contribution in [2.45, 2.75) is 58.2 Å². The van der Waals surface area contributed by atoms with E-state index in [2.05, 4.69) is 13.5 Å². The van der Waals surface area contributed by atoms with Gasteiger partial charge < -0.3 is 15.3 Å². The molecule has 0 rings (SSSR count). The summed E-state index contributed by atoms with van der Waals surface area (Å²) in [6, 6.07) is 0. The Labute approximate surface area is 97.6 Å². The van der Waals surface area contributed by atoms with Gasteiger partial charge in [-0.1, -0.05) is 45.6 Å². The first-order chi connectivity index (χ1) is 7.54. The van der Waals surface area contributed by atoms with Crippen LogP contribution in [0.5, 0.6) is 0 Å². The molecule has 4 heteroatoms. The number of hydrogen-bond donors (Lipinski definition) is 3. The first kappa shape index (κ1) is 17.5. The van der Waals surface area contributed by atoms with E-state index in [4.69, 9.17) is 15.3 Å². The average molecular weight is 232 g/mol. The van der Waals surface area contributed by atoms with Crippen molar-refractivity contribution in [2.75, 3.05) is 0 Å². The van der Waals surface area contributed by atoms with Crippen molar-refractivity contribution in [1.82, 2.24) is 0 Å². The van der Waals surface area contributed by atoms with Crippen LogP contribution >= 0.6 is 0 Å². The predicted octanol–water partition coefficient (Wildman–Crippen LogP) is 2.30. The molecule has 0 atom stereocenters. The minimum atomic E-state index is -1.10. The molecule has 0 bridgehead atoms. The van der Waals surface area contributed by atoms with Gasteiger partial charge >= 0.3 is 5.97 Å². The molecule has 0 radical (unpaired) electrons. The van der Waals surface area contributed by atoms with Crippen LogP contribution in [0.2, 0.25) is 0 Å². The Balaban J connectivity index is 0. The maximum absolute atomic E-state index is 9.25. The largest absolute Gasteiger partial charge is 0.478 e. The SMILES string of the molecule is C=CC(=O)O.CCCCCCCCC(O)O. The molecule has 16 heavy (non-hydrogen) atoms. The van der Waals surface area contributed by atoms with E-state index in [0.29, 0.717) is 6.42 Å². The number of unbranched alkanes of at least 4 members (excludes halogenated alkanes) is 5. The summed E-state index contributed by atoms with van der Waals surface area (Å²) in [7, 11) is 0. The molecule has 0 aromatic carbocycles. The van der Waals surface area contributed by atoms with Crippen LogP contribution in [0.1, 0.15) is 51.9 Å². The fourth-order valence-corrected chi connectivity index (χ4v) is 1.11. The Kier molecular flexibility index (Phi) is 15.5. The fourth-order valence-electron chi connectivity index (χ4n) is 1.11. The van der Waals surface area contributed by atoms with Crippen LogP contribution in [0.15, 0.2) is 12.7 Å². The van der Waals surface area contributed by atoms with Crippen LogP contribution in [0, 0.1) is 0 Å². The molecule has 0 aliphatic heterocycles. The number of aliphatic hydroxyl groups is 2. The normalized spacial score (nSPS) is 9.50. The third-order valence-electron chi connectivity index (χ3n) is 1.99. The average Bonchev–Trinajstić information content (AvgIpc) is 2.23. The third-order valence-corrected chi connectivity index (χ3v) is 1.99. The summed E-state index contributed by atoms with van der Waals surface area (Å²) >= 11 is 0. The zero-order chi connectivity index (χ0) is 12.8. The van der Waals surface area contributed by atoms with E-state index in [9.17, 15) is 4.79 Å². The highest BCUT2D eigenvalue weighted by Gasteiger charge is 1.95. The van der Waals surface area contributed by atoms with Gasteiger partial charge in [-0.2, -0.15) is 0 Å². The van der Waals surface area contributed by atoms with E-state index in [1.807, 2.05) is 0 Å². The number of carboxylic acid groups (broad SMARTS) is 1. The molecule has 0 saturated carbocycles. The Bertz CT molecular complexity index is 166. The highest BCUT2D eigenvalue weighted by molar-refractivity contribution is 5.78. The minimum Gasteiger partial charge on any atom is -0.478 e. The molecular formula is C12H24O4. The van der Waals surface area contributed by atoms with Crippen molar-refractivity contribution in [2.24, 2.45) is 0 Å². The molecule has 0 fully saturated rings. The Morgan fingerprint density at radius 1 is 1.19 bits per heavy atom. The molecule has 0 saturated heterocycles. The van der Waals surface area contributed by atoms with E-state index >= 15 is 0 Å². The molecule has 0 aromatic heterocycles. The summed E-state index contributed by atoms with van der Waals surface area (Å²) in [5.41, 5.74) is 0. The number of carbonyl (C=O) groups is 1. The van der Waals surface area contributed by atoms with Crippen LogP contribution < -0.4 is 0 Å². The van der Waals surface area contributed by atoms with Crippen LogP contribution in [0.3, 0.4) is 0 Å². The fraction of sp³-hybridized carbons (Fsp3) is 0.750. The van der Waals surface area contributed by atoms with Crippen molar-refractivity contribution in [1.29, 1.82) is 0 Å². The molecule has 0 unspecified atom stereocenters. The van der Waals surface area contributed by atoms with Gasteiger partial charge in [0, 0.05) is 6.08 Å². The van der Waals surface area contributed by atoms with Gasteiger partial charge in [-0.15, -0.1) is 0 Å². The molecular weight excluding hydrogens is 208 g/mol. The highest BCUT2D eigenvalue weighted by atomic mass is 16.5. The predicted molar refractivity (Wildman–Crippen MR) is 64.1 cm³/mol. The zero-order valence-corrected chi connectivity index (χ0v) is 10.1. The summed E-state index contributed by atoms with van der Waals surface area (Å²) in [5.74, 6) is -0.981. The van der Waals surface area contributed by atoms with E-state index in [1.54, 1.807) is 0 Å². The van der Waals surface area contributed by atoms with E-state index in [0.717, 1.165) is 18.9 Å². The van der Waals surface area contributed by atoms with Gasteiger partial charge in [-0.25, -0.2) is 4.79 Å². The van der Waals surface area contributed by atoms with Gasteiger partial charge in [0.1, 0.15) is 0 Å². The molecule has 3 N–H and O–H groups in total. The lowest BCUT2D eigenvalue weighted by atomic mass is 10.1. The van der Waals surface area contributed by atoms with Crippen LogP contribution in [-0.2, 0) is 4.79 Å². The second kappa shape index (κ2) is 14.1. The van der Waals surface area contributed by atoms with E-state index < -0.39 is 12.3 Å². The number of carboxylic acids is 1. The van der Waals surface area contributed by atoms with Gasteiger partial charge in [-0.05, 0) is 12.8 Å². The highest BCUT2D eigenvalue weighted by Crippen LogP contribution is 2.07. The van der Waals surface area contributed by atoms with Crippen molar-refractivity contribution in [3.05, 3.63) is 12.7 Å². The lowest BCUT2D eigenvalue weighted by Crippen LogP contribution is -2.02. The molecule has 0 aromatic rings. The molecule has 0 amide bonds. The van der Waals surface area contributed by atoms with Gasteiger partial charge in [0.25, 0.3) is 0 Å². The summed E-state index contributed by atoms with van der Waals surface area (Å²) in [6.07, 6.45) is 7.45. The summed E-state index contributed by atoms with van der Waals surface area (Å²) in [4.78, 5) is 9.25. The standard InChI is InChI=1S/C9H20O2.C3H4O2/c1-2-3-4-5-6-7-8-9(10)11;1-2-3(4)5/h9-11H,2-8H2,1H3;2H,1H2,(H,4,5). The van der Waals surface area contributed by atoms with E-state index in [1.165, 1.54) is 25.7 Å². The number of rotatable bonds is 8. The zero-order valence-electron chi connectivity index (χ0n) is 10.1. The van der Waals surface area contributed by atoms with Crippen molar-refractivity contribution in [3.63, 3.8) is 0 Å². The van der Waals surface area contributed by atoms with Crippen LogP contribution in [-0.4, -0.2) is 27.6 Å². The number of hydrogen-bond acceptors (Lipinski definition) is 3. The maximum Gasteiger partial charge on any atom is 0.327 e. The Morgan fingerprint density at radius 3 is 2.00 bits per heavy atom. The second-order valence-electron chi connectivity index (χ2n) is 3.58. The molecule has 0 heterocycles. The number of aliphatic hydroxyl groups excluding tert-OH is 1. The number of aliphatic carboxylic acids is 1. The minimum absolute atomic E-state index is 0.534. The molecule has 4 nitrogen and oxygen atoms in total. The van der Waals surface area contributed by atoms with E-state index in [-0.39, 0.29) is 0 Å². The third kappa shape index (κ3) is 23.2. The lowest BCUT2D eigenvalue weighted by Gasteiger charge is -2.02. The van der Waals surface area contributed by atoms with Gasteiger partial charge in [0.2, 0.25) is 0 Å². The lowest BCUT2D eigenvalue weighted by molar-refractivity contribution is -0.131. The molecule has 0 aliphatic carbocycles. The molecule has 0 spiro atoms. The summed E-state index contributed by atoms with van der Waals surface area (Å²) in [6.45, 7) is 5.15. The molecule has 96 valence electrons. The van der Waals surface area contributed by atoms with Crippen molar-refractivity contribution >= 4 is 5.97 Å². The first-order valence-electron chi connectivity index (χ1n) is 5.76. The maximum atomic E-state index is 9.25. The van der Waals surface area contributed by atoms with Crippen molar-refractivity contribution < 1.29 is 20.1 Å². The summed E-state index contributed by atoms with van der Waals surface area (Å²) < 4.78 is 0. The van der Waals surface area contributed by atoms with Crippen molar-refractivity contribution in [3.8, 4) is 0 Å². The van der Waals surface area contributed by atoms with Crippen LogP contribution in [0.4, 0.5) is 0 Å². The van der Waals surface area contributed by atoms with Gasteiger partial charge in [0.15, 0.2) is 6.29 Å². The quantitative estimate of drug-likeness (QED) is 0.341. The van der Waals surface area contributed by atoms with Gasteiger partial charge in [0.05, 0.1) is 0 Å². The second-order valence-corrected chi connectivity index (χ2v) is 3.58. The summed E-state index contributed by atoms with van der Waals surface area (Å²) in [5, 5.41) is 24.6. The molecule has 0 aliphatic rings. The topological polar surface area (TPSA) is 77.8 Å². The first-order valence-corrected chi connectivity index (χ1v) is 5.76. The Hall–Kier alpha value is -0.870. The Morgan fingerprint density at radius 2 is 1.62 bits per heavy atom.